The highest BCUT2D eigenvalue weighted by atomic mass is 15.1. The third-order valence-corrected chi connectivity index (χ3v) is 12.9. The number of rotatable bonds is 6. The lowest BCUT2D eigenvalue weighted by molar-refractivity contribution is 0.794. The minimum Gasteiger partial charge on any atom is -0.310 e. The predicted molar refractivity (Wildman–Crippen MR) is 251 cm³/mol. The summed E-state index contributed by atoms with van der Waals surface area (Å²) in [6.07, 6.45) is 0. The largest absolute Gasteiger partial charge is 0.310 e. The Hall–Kier alpha value is -7.74. The number of fused-ring (bicyclic) bond motifs is 11. The second kappa shape index (κ2) is 13.7. The van der Waals surface area contributed by atoms with Gasteiger partial charge in [0.05, 0.1) is 11.1 Å². The zero-order valence-corrected chi connectivity index (χ0v) is 33.0. The average molecular weight is 762 g/mol. The molecule has 2 aliphatic carbocycles. The van der Waals surface area contributed by atoms with Gasteiger partial charge in [-0.05, 0) is 120 Å². The van der Waals surface area contributed by atoms with Crippen LogP contribution in [-0.2, 0) is 5.41 Å². The van der Waals surface area contributed by atoms with Gasteiger partial charge in [-0.15, -0.1) is 0 Å². The summed E-state index contributed by atoms with van der Waals surface area (Å²) in [7, 11) is 0. The topological polar surface area (TPSA) is 3.24 Å². The Labute approximate surface area is 351 Å². The lowest BCUT2D eigenvalue weighted by Gasteiger charge is -2.30. The number of hydrogen-bond donors (Lipinski definition) is 0. The smallest absolute Gasteiger partial charge is 0.0725 e. The van der Waals surface area contributed by atoms with Crippen LogP contribution in [0.3, 0.4) is 0 Å². The molecule has 0 atom stereocenters. The Balaban J connectivity index is 1.02. The first-order valence-electron chi connectivity index (χ1n) is 20.8. The first kappa shape index (κ1) is 34.3. The van der Waals surface area contributed by atoms with Crippen molar-refractivity contribution in [2.75, 3.05) is 4.90 Å². The Bertz CT molecular complexity index is 3110. The Morgan fingerprint density at radius 2 is 0.650 bits per heavy atom. The highest BCUT2D eigenvalue weighted by Crippen LogP contribution is 2.63. The van der Waals surface area contributed by atoms with E-state index in [0.29, 0.717) is 0 Å². The van der Waals surface area contributed by atoms with E-state index in [2.05, 4.69) is 241 Å². The van der Waals surface area contributed by atoms with Crippen LogP contribution < -0.4 is 4.90 Å². The van der Waals surface area contributed by atoms with Crippen molar-refractivity contribution in [3.05, 3.63) is 259 Å². The summed E-state index contributed by atoms with van der Waals surface area (Å²) in [6.45, 7) is 0. The normalized spacial score (nSPS) is 12.8. The van der Waals surface area contributed by atoms with Crippen LogP contribution in [0.15, 0.2) is 237 Å². The standard InChI is InChI=1S/C59H39N/c1-3-15-40(16-4-1)42-27-32-45(33-28-42)60(46-34-29-43(30-35-46)41-17-5-2-6-18-41)58-38-36-47(48-19-7-8-23-52(48)58)44-31-37-57-53(39-44)51-22-11-14-26-56(51)59(57)54-24-12-9-20-49(54)50-21-10-13-25-55(50)59/h1-39H. The second-order valence-corrected chi connectivity index (χ2v) is 16.0. The number of hydrogen-bond acceptors (Lipinski definition) is 1. The van der Waals surface area contributed by atoms with Gasteiger partial charge >= 0.3 is 0 Å². The van der Waals surface area contributed by atoms with Crippen LogP contribution in [0.1, 0.15) is 22.3 Å². The van der Waals surface area contributed by atoms with Gasteiger partial charge in [0.1, 0.15) is 0 Å². The van der Waals surface area contributed by atoms with Crippen molar-refractivity contribution in [2.45, 2.75) is 5.41 Å². The Morgan fingerprint density at radius 3 is 1.18 bits per heavy atom. The molecule has 0 fully saturated rings. The van der Waals surface area contributed by atoms with Crippen LogP contribution in [0.5, 0.6) is 0 Å². The molecule has 1 nitrogen and oxygen atoms in total. The minimum atomic E-state index is -0.351. The molecule has 0 saturated heterocycles. The molecule has 0 radical (unpaired) electrons. The molecule has 0 N–H and O–H groups in total. The van der Waals surface area contributed by atoms with Gasteiger partial charge < -0.3 is 4.90 Å². The van der Waals surface area contributed by atoms with Gasteiger partial charge in [-0.2, -0.15) is 0 Å². The van der Waals surface area contributed by atoms with E-state index in [0.717, 1.165) is 17.1 Å². The van der Waals surface area contributed by atoms with E-state index in [-0.39, 0.29) is 5.41 Å². The van der Waals surface area contributed by atoms with E-state index >= 15 is 0 Å². The fourth-order valence-electron chi connectivity index (χ4n) is 10.3. The molecular weight excluding hydrogens is 723 g/mol. The number of anilines is 3. The molecule has 0 amide bonds. The molecule has 280 valence electrons. The quantitative estimate of drug-likeness (QED) is 0.163. The lowest BCUT2D eigenvalue weighted by atomic mass is 9.70. The monoisotopic (exact) mass is 761 g/mol. The summed E-state index contributed by atoms with van der Waals surface area (Å²) in [5.74, 6) is 0. The molecule has 12 rings (SSSR count). The Morgan fingerprint density at radius 1 is 0.250 bits per heavy atom. The first-order valence-corrected chi connectivity index (χ1v) is 20.8. The average Bonchev–Trinajstić information content (AvgIpc) is 3.80. The van der Waals surface area contributed by atoms with Crippen molar-refractivity contribution in [1.29, 1.82) is 0 Å². The number of benzene rings is 10. The molecule has 0 heterocycles. The molecule has 0 bridgehead atoms. The SMILES string of the molecule is c1ccc(-c2ccc(N(c3ccc(-c4ccccc4)cc3)c3ccc(-c4ccc5c(c4)-c4ccccc4C54c5ccccc5-c5ccccc54)c4ccccc34)cc2)cc1. The van der Waals surface area contributed by atoms with Crippen molar-refractivity contribution < 1.29 is 0 Å². The van der Waals surface area contributed by atoms with E-state index < -0.39 is 0 Å². The molecule has 10 aromatic carbocycles. The molecule has 1 spiro atoms. The summed E-state index contributed by atoms with van der Waals surface area (Å²) in [5.41, 5.74) is 21.0. The summed E-state index contributed by atoms with van der Waals surface area (Å²) >= 11 is 0. The van der Waals surface area contributed by atoms with E-state index in [1.165, 1.54) is 88.7 Å². The van der Waals surface area contributed by atoms with Gasteiger partial charge in [0, 0.05) is 16.8 Å². The summed E-state index contributed by atoms with van der Waals surface area (Å²) in [4.78, 5) is 2.41. The summed E-state index contributed by atoms with van der Waals surface area (Å²) in [6, 6.07) is 87.1. The van der Waals surface area contributed by atoms with Gasteiger partial charge in [-0.3, -0.25) is 0 Å². The molecule has 0 aromatic heterocycles. The van der Waals surface area contributed by atoms with E-state index in [1.54, 1.807) is 0 Å². The van der Waals surface area contributed by atoms with Gasteiger partial charge in [-0.1, -0.05) is 200 Å². The highest BCUT2D eigenvalue weighted by Gasteiger charge is 2.51. The summed E-state index contributed by atoms with van der Waals surface area (Å²) in [5, 5.41) is 2.42. The maximum atomic E-state index is 2.45. The zero-order chi connectivity index (χ0) is 39.6. The van der Waals surface area contributed by atoms with Gasteiger partial charge in [0.15, 0.2) is 0 Å². The van der Waals surface area contributed by atoms with Crippen LogP contribution in [0.4, 0.5) is 17.1 Å². The Kier molecular flexibility index (Phi) is 7.83. The van der Waals surface area contributed by atoms with E-state index in [1.807, 2.05) is 0 Å². The molecular formula is C59H39N. The molecule has 0 saturated carbocycles. The van der Waals surface area contributed by atoms with E-state index in [9.17, 15) is 0 Å². The second-order valence-electron chi connectivity index (χ2n) is 16.0. The van der Waals surface area contributed by atoms with Gasteiger partial charge in [-0.25, -0.2) is 0 Å². The van der Waals surface area contributed by atoms with Crippen molar-refractivity contribution in [3.63, 3.8) is 0 Å². The lowest BCUT2D eigenvalue weighted by Crippen LogP contribution is -2.25. The van der Waals surface area contributed by atoms with Gasteiger partial charge in [0.25, 0.3) is 0 Å². The van der Waals surface area contributed by atoms with Crippen LogP contribution in [0.2, 0.25) is 0 Å². The third-order valence-electron chi connectivity index (χ3n) is 12.9. The maximum absolute atomic E-state index is 2.45. The van der Waals surface area contributed by atoms with Crippen molar-refractivity contribution in [3.8, 4) is 55.6 Å². The zero-order valence-electron chi connectivity index (χ0n) is 33.0. The molecule has 10 aromatic rings. The molecule has 2 aliphatic rings. The van der Waals surface area contributed by atoms with Crippen LogP contribution >= 0.6 is 0 Å². The number of nitrogens with zero attached hydrogens (tertiary/aromatic N) is 1. The van der Waals surface area contributed by atoms with Crippen molar-refractivity contribution >= 4 is 27.8 Å². The molecule has 60 heavy (non-hydrogen) atoms. The highest BCUT2D eigenvalue weighted by molar-refractivity contribution is 6.07. The summed E-state index contributed by atoms with van der Waals surface area (Å²) < 4.78 is 0. The van der Waals surface area contributed by atoms with Crippen LogP contribution in [-0.4, -0.2) is 0 Å². The van der Waals surface area contributed by atoms with Crippen molar-refractivity contribution in [1.82, 2.24) is 0 Å². The van der Waals surface area contributed by atoms with Gasteiger partial charge in [0.2, 0.25) is 0 Å². The molecule has 1 heteroatoms. The van der Waals surface area contributed by atoms with Crippen LogP contribution in [0.25, 0.3) is 66.4 Å². The fourth-order valence-corrected chi connectivity index (χ4v) is 10.3. The van der Waals surface area contributed by atoms with Crippen LogP contribution in [0, 0.1) is 0 Å². The maximum Gasteiger partial charge on any atom is 0.0725 e. The fraction of sp³-hybridized carbons (Fsp3) is 0.0169. The molecule has 0 unspecified atom stereocenters. The minimum absolute atomic E-state index is 0.351. The van der Waals surface area contributed by atoms with Crippen molar-refractivity contribution in [2.24, 2.45) is 0 Å². The third kappa shape index (κ3) is 5.13. The first-order chi connectivity index (χ1) is 29.8. The molecule has 0 aliphatic heterocycles. The predicted octanol–water partition coefficient (Wildman–Crippen LogP) is 15.7. The van der Waals surface area contributed by atoms with E-state index in [4.69, 9.17) is 0 Å².